The van der Waals surface area contributed by atoms with E-state index in [1.54, 1.807) is 0 Å². The summed E-state index contributed by atoms with van der Waals surface area (Å²) in [4.78, 5) is 23.0. The predicted octanol–water partition coefficient (Wildman–Crippen LogP) is 7.46. The first-order chi connectivity index (χ1) is 14.9. The number of carbonyl (C=O) groups excluding carboxylic acids is 1. The van der Waals surface area contributed by atoms with Gasteiger partial charge in [0.05, 0.1) is 6.42 Å². The number of rotatable bonds is 14. The van der Waals surface area contributed by atoms with Crippen LogP contribution < -0.4 is 0 Å². The molecule has 0 aliphatic heterocycles. The number of Topliss-reactive ketones (excluding diaryl/α,β-unsaturated/α-hetero) is 1. The van der Waals surface area contributed by atoms with E-state index in [9.17, 15) is 9.59 Å². The number of ketones is 1. The van der Waals surface area contributed by atoms with Gasteiger partial charge in [-0.15, -0.1) is 5.73 Å². The third kappa shape index (κ3) is 9.60. The Morgan fingerprint density at radius 3 is 2.59 bits per heavy atom. The summed E-state index contributed by atoms with van der Waals surface area (Å²) >= 11 is 0. The van der Waals surface area contributed by atoms with Crippen molar-refractivity contribution in [1.82, 2.24) is 0 Å². The van der Waals surface area contributed by atoms with E-state index in [1.807, 2.05) is 6.08 Å². The van der Waals surface area contributed by atoms with E-state index in [0.29, 0.717) is 18.1 Å². The maximum absolute atomic E-state index is 12.5. The van der Waals surface area contributed by atoms with Crippen molar-refractivity contribution >= 4 is 20.1 Å². The van der Waals surface area contributed by atoms with Gasteiger partial charge in [-0.3, -0.25) is 9.59 Å². The van der Waals surface area contributed by atoms with Gasteiger partial charge in [-0.05, 0) is 68.3 Å². The Morgan fingerprint density at radius 2 is 2.00 bits per heavy atom. The van der Waals surface area contributed by atoms with Crippen molar-refractivity contribution in [2.75, 3.05) is 0 Å². The van der Waals surface area contributed by atoms with Gasteiger partial charge < -0.3 is 9.53 Å². The Kier molecular flexibility index (Phi) is 11.9. The molecule has 0 fully saturated rings. The topological polar surface area (TPSA) is 63.6 Å². The van der Waals surface area contributed by atoms with Crippen LogP contribution >= 0.6 is 0 Å². The molecule has 0 bridgehead atoms. The Hall–Kier alpha value is -1.42. The highest BCUT2D eigenvalue weighted by Crippen LogP contribution is 2.40. The van der Waals surface area contributed by atoms with Crippen molar-refractivity contribution in [2.24, 2.45) is 11.8 Å². The molecule has 0 aromatic carbocycles. The summed E-state index contributed by atoms with van der Waals surface area (Å²) in [5.41, 5.74) is 4.19. The summed E-state index contributed by atoms with van der Waals surface area (Å²) in [5, 5.41) is 8.85. The monoisotopic (exact) mass is 462 g/mol. The maximum atomic E-state index is 12.5. The summed E-state index contributed by atoms with van der Waals surface area (Å²) in [6, 6.07) is 0. The van der Waals surface area contributed by atoms with Crippen LogP contribution in [0.1, 0.15) is 92.4 Å². The Morgan fingerprint density at radius 1 is 1.31 bits per heavy atom. The van der Waals surface area contributed by atoms with Crippen LogP contribution in [0, 0.1) is 11.8 Å². The summed E-state index contributed by atoms with van der Waals surface area (Å²) < 4.78 is 6.89. The minimum atomic E-state index is -1.86. The number of hydrogen-bond donors (Lipinski definition) is 1. The third-order valence-corrected chi connectivity index (χ3v) is 11.6. The predicted molar refractivity (Wildman–Crippen MR) is 135 cm³/mol. The number of carbonyl (C=O) groups is 2. The van der Waals surface area contributed by atoms with Crippen molar-refractivity contribution < 1.29 is 19.1 Å². The second-order valence-corrected chi connectivity index (χ2v) is 15.6. The van der Waals surface area contributed by atoms with Gasteiger partial charge in [-0.1, -0.05) is 59.1 Å². The van der Waals surface area contributed by atoms with Gasteiger partial charge in [0, 0.05) is 18.4 Å². The van der Waals surface area contributed by atoms with E-state index in [-0.39, 0.29) is 23.5 Å². The van der Waals surface area contributed by atoms with Crippen molar-refractivity contribution in [3.05, 3.63) is 29.5 Å². The van der Waals surface area contributed by atoms with Gasteiger partial charge in [0.1, 0.15) is 5.78 Å². The van der Waals surface area contributed by atoms with Crippen LogP contribution in [0.25, 0.3) is 0 Å². The summed E-state index contributed by atoms with van der Waals surface area (Å²) in [6.07, 6.45) is 13.3. The largest absolute Gasteiger partial charge is 0.481 e. The van der Waals surface area contributed by atoms with E-state index < -0.39 is 14.3 Å². The zero-order valence-corrected chi connectivity index (χ0v) is 22.5. The lowest BCUT2D eigenvalue weighted by Gasteiger charge is -2.41. The molecule has 0 heterocycles. The number of allylic oxidation sites excluding steroid dienone is 2. The molecule has 32 heavy (non-hydrogen) atoms. The fourth-order valence-electron chi connectivity index (χ4n) is 3.94. The molecule has 0 aromatic rings. The standard InChI is InChI=1S/C27H46O4Si/c1-8-9-14-21(2)25(31-32(6,7)27(3,4)5)20-18-22-17-19-24(28)23(22)15-12-10-11-13-16-26(29)30/h10,13,17,21,23,25H,8-9,12,14-16,18-20H2,1-7H3,(H,29,30)/t11?,21?,23-,25+/m1/s1. The van der Waals surface area contributed by atoms with Gasteiger partial charge in [0.2, 0.25) is 0 Å². The second kappa shape index (κ2) is 13.3. The van der Waals surface area contributed by atoms with E-state index in [0.717, 1.165) is 25.7 Å². The molecule has 0 radical (unpaired) electrons. The number of unbranched alkanes of at least 4 members (excludes halogenated alkanes) is 1. The Labute approximate surface area is 197 Å². The van der Waals surface area contributed by atoms with Crippen molar-refractivity contribution in [3.63, 3.8) is 0 Å². The quantitative estimate of drug-likeness (QED) is 0.165. The lowest BCUT2D eigenvalue weighted by molar-refractivity contribution is -0.136. The fourth-order valence-corrected chi connectivity index (χ4v) is 5.40. The molecule has 1 aliphatic carbocycles. The fraction of sp³-hybridized carbons (Fsp3) is 0.741. The molecular formula is C27H46O4Si. The number of aliphatic carboxylic acids is 1. The van der Waals surface area contributed by atoms with E-state index >= 15 is 0 Å². The van der Waals surface area contributed by atoms with Crippen molar-refractivity contribution in [2.45, 2.75) is 117 Å². The summed E-state index contributed by atoms with van der Waals surface area (Å²) in [5.74, 6) is -0.0388. The first kappa shape index (κ1) is 28.6. The van der Waals surface area contributed by atoms with Crippen LogP contribution in [0.4, 0.5) is 0 Å². The van der Waals surface area contributed by atoms with Crippen LogP contribution in [-0.2, 0) is 14.0 Å². The van der Waals surface area contributed by atoms with Crippen LogP contribution in [0.3, 0.4) is 0 Å². The lowest BCUT2D eigenvalue weighted by Crippen LogP contribution is -2.45. The summed E-state index contributed by atoms with van der Waals surface area (Å²) in [7, 11) is -1.86. The number of carboxylic acid groups (broad SMARTS) is 1. The average molecular weight is 463 g/mol. The normalized spacial score (nSPS) is 18.7. The van der Waals surface area contributed by atoms with E-state index in [1.165, 1.54) is 30.9 Å². The molecule has 0 saturated carbocycles. The highest BCUT2D eigenvalue weighted by atomic mass is 28.4. The minimum absolute atomic E-state index is 0.00741. The third-order valence-electron chi connectivity index (χ3n) is 7.13. The van der Waals surface area contributed by atoms with E-state index in [2.05, 4.69) is 59.5 Å². The van der Waals surface area contributed by atoms with Gasteiger partial charge in [0.15, 0.2) is 8.32 Å². The zero-order chi connectivity index (χ0) is 24.4. The van der Waals surface area contributed by atoms with Crippen LogP contribution in [-0.4, -0.2) is 31.3 Å². The number of hydrogen-bond acceptors (Lipinski definition) is 3. The highest BCUT2D eigenvalue weighted by Gasteiger charge is 2.40. The molecule has 0 amide bonds. The van der Waals surface area contributed by atoms with Crippen molar-refractivity contribution in [3.8, 4) is 0 Å². The van der Waals surface area contributed by atoms with Gasteiger partial charge in [-0.25, -0.2) is 0 Å². The molecule has 5 heteroatoms. The smallest absolute Gasteiger partial charge is 0.307 e. The van der Waals surface area contributed by atoms with Gasteiger partial charge >= 0.3 is 5.97 Å². The molecule has 0 saturated heterocycles. The molecule has 182 valence electrons. The van der Waals surface area contributed by atoms with E-state index in [4.69, 9.17) is 9.53 Å². The van der Waals surface area contributed by atoms with Crippen LogP contribution in [0.15, 0.2) is 29.5 Å². The summed E-state index contributed by atoms with van der Waals surface area (Å²) in [6.45, 7) is 16.1. The second-order valence-electron chi connectivity index (χ2n) is 10.8. The highest BCUT2D eigenvalue weighted by molar-refractivity contribution is 6.74. The number of carboxylic acids is 1. The zero-order valence-electron chi connectivity index (χ0n) is 21.5. The average Bonchev–Trinajstić information content (AvgIpc) is 3.04. The molecule has 1 aliphatic rings. The maximum Gasteiger partial charge on any atom is 0.307 e. The van der Waals surface area contributed by atoms with Crippen LogP contribution in [0.5, 0.6) is 0 Å². The van der Waals surface area contributed by atoms with Crippen LogP contribution in [0.2, 0.25) is 18.1 Å². The van der Waals surface area contributed by atoms with Crippen molar-refractivity contribution in [1.29, 1.82) is 0 Å². The molecule has 4 nitrogen and oxygen atoms in total. The molecule has 0 spiro atoms. The molecule has 1 rings (SSSR count). The molecule has 3 atom stereocenters. The molecule has 0 aromatic heterocycles. The SMILES string of the molecule is CCCCC(C)[C@H](CCC1=CCC(=O)[C@@H]1CCC=C=CCC(=O)O)O[Si](C)(C)C(C)(C)C. The minimum Gasteiger partial charge on any atom is -0.481 e. The Balaban J connectivity index is 2.77. The molecular weight excluding hydrogens is 416 g/mol. The Bertz CT molecular complexity index is 708. The first-order valence-electron chi connectivity index (χ1n) is 12.4. The molecule has 1 unspecified atom stereocenters. The lowest BCUT2D eigenvalue weighted by atomic mass is 9.88. The van der Waals surface area contributed by atoms with Gasteiger partial charge in [-0.2, -0.15) is 0 Å². The van der Waals surface area contributed by atoms with Gasteiger partial charge in [0.25, 0.3) is 0 Å². The molecule has 1 N–H and O–H groups in total. The first-order valence-corrected chi connectivity index (χ1v) is 15.3.